The van der Waals surface area contributed by atoms with E-state index in [-0.39, 0.29) is 91.6 Å². The second-order valence-electron chi connectivity index (χ2n) is 33.2. The van der Waals surface area contributed by atoms with Gasteiger partial charge in [0.1, 0.15) is 171 Å². The SMILES string of the molecule is O[C@@H]1[C@@H](O)[C@H]2O[C@H]3[C@H](O)[C@@H](O)[C@@H](O[C@H]4[C@H](O)[C@@H](O)[C@@H](O[C@H]5[C@@H](O)[C@@H](O)[C@@H](O[C@H]6[C@@H](O)[C@@H](O)[C@@H](O[C@H]7[C@H](O)[C@@H](O)[C@@H](O[C@H]8[C@H](O)[C@@H](O)[C@@H](O[C@@H]1[C@@H](CNCc1ccccc1)O2)O[C@@H]8CNCc1ccccc1)O[C@@H]7CNCc1ccccc1)O[C@@H]6CNCc1ccccc1)O[C@@H]5CNCc1ccccc1)O[C@@H]4CNCc1ccccc1)O[C@@H]3CNCc1ccccc1. The molecule has 28 rings (SSSR count). The monoisotopic (exact) mass is 1760 g/mol. The summed E-state index contributed by atoms with van der Waals surface area (Å²) in [6.07, 6.45) is -63.0. The Morgan fingerprint density at radius 3 is 0.373 bits per heavy atom. The Bertz CT molecular complexity index is 3560. The predicted molar refractivity (Wildman–Crippen MR) is 446 cm³/mol. The Labute approximate surface area is 729 Å². The number of hydrogen-bond acceptors (Lipinski definition) is 35. The van der Waals surface area contributed by atoms with Crippen LogP contribution in [0.25, 0.3) is 0 Å². The van der Waals surface area contributed by atoms with Gasteiger partial charge in [-0.25, -0.2) is 0 Å². The average molecular weight is 1760 g/mol. The first kappa shape index (κ1) is 93.8. The van der Waals surface area contributed by atoms with Crippen molar-refractivity contribution in [2.24, 2.45) is 0 Å². The smallest absolute Gasteiger partial charge is 0.187 e. The van der Waals surface area contributed by atoms with Crippen molar-refractivity contribution in [2.45, 2.75) is 261 Å². The van der Waals surface area contributed by atoms with E-state index in [1.54, 1.807) is 0 Å². The molecule has 35 heteroatoms. The van der Waals surface area contributed by atoms with Crippen LogP contribution >= 0.6 is 0 Å². The van der Waals surface area contributed by atoms with Crippen LogP contribution in [-0.2, 0) is 112 Å². The van der Waals surface area contributed by atoms with Gasteiger partial charge in [0.05, 0.1) is 0 Å². The minimum absolute atomic E-state index is 0.180. The van der Waals surface area contributed by atoms with Gasteiger partial charge in [-0.3, -0.25) is 0 Å². The lowest BCUT2D eigenvalue weighted by atomic mass is 9.94. The van der Waals surface area contributed by atoms with E-state index in [1.807, 2.05) is 212 Å². The van der Waals surface area contributed by atoms with E-state index in [0.717, 1.165) is 38.9 Å². The molecule has 0 unspecified atom stereocenters. The molecule has 21 aliphatic heterocycles. The zero-order chi connectivity index (χ0) is 87.7. The first-order valence-corrected chi connectivity index (χ1v) is 43.2. The van der Waals surface area contributed by atoms with Crippen molar-refractivity contribution in [1.29, 1.82) is 0 Å². The number of aliphatic hydroxyl groups is 14. The Morgan fingerprint density at radius 1 is 0.151 bits per heavy atom. The number of ether oxygens (including phenoxy) is 14. The third-order valence-electron chi connectivity index (χ3n) is 24.1. The third kappa shape index (κ3) is 23.5. The number of nitrogens with one attached hydrogen (secondary N) is 7. The van der Waals surface area contributed by atoms with E-state index in [2.05, 4.69) is 37.2 Å². The van der Waals surface area contributed by atoms with Crippen molar-refractivity contribution < 1.29 is 138 Å². The molecule has 21 fully saturated rings. The molecule has 0 aliphatic carbocycles. The predicted octanol–water partition coefficient (Wildman–Crippen LogP) is -2.65. The van der Waals surface area contributed by atoms with Gasteiger partial charge in [0, 0.05) is 91.6 Å². The van der Waals surface area contributed by atoms with Crippen LogP contribution in [0.15, 0.2) is 212 Å². The summed E-state index contributed by atoms with van der Waals surface area (Å²) in [5.74, 6) is 0. The van der Waals surface area contributed by atoms with E-state index in [9.17, 15) is 71.5 Å². The second kappa shape index (κ2) is 45.3. The van der Waals surface area contributed by atoms with Gasteiger partial charge in [0.25, 0.3) is 0 Å². The molecule has 21 aliphatic rings. The number of rotatable bonds is 28. The summed E-state index contributed by atoms with van der Waals surface area (Å²) < 4.78 is 92.7. The van der Waals surface area contributed by atoms with Gasteiger partial charge in [0.15, 0.2) is 44.0 Å². The number of aliphatic hydroxyl groups excluding tert-OH is 14. The molecule has 0 spiro atoms. The van der Waals surface area contributed by atoms with Crippen LogP contribution in [0.1, 0.15) is 38.9 Å². The highest BCUT2D eigenvalue weighted by Gasteiger charge is 2.60. The first-order chi connectivity index (χ1) is 61.3. The number of hydrogen-bond donors (Lipinski definition) is 21. The molecule has 21 saturated heterocycles. The maximum atomic E-state index is 12.7. The van der Waals surface area contributed by atoms with Crippen molar-refractivity contribution in [2.75, 3.05) is 45.8 Å². The first-order valence-electron chi connectivity index (χ1n) is 43.2. The topological polar surface area (TPSA) is 497 Å². The fourth-order valence-electron chi connectivity index (χ4n) is 17.2. The Hall–Kier alpha value is -6.86. The summed E-state index contributed by atoms with van der Waals surface area (Å²) in [4.78, 5) is 0. The lowest BCUT2D eigenvalue weighted by Crippen LogP contribution is -2.69. The normalized spacial score (nSPS) is 38.2. The summed E-state index contributed by atoms with van der Waals surface area (Å²) in [7, 11) is 0. The standard InChI is InChI=1S/C91H119N7O28/c99-64-71(106)85-113-57(43-92-36-50-22-8-1-9-23-50)78(64)120-86-72(107)65(100)80(59(114-86)45-94-38-52-26-12-3-13-27-52)122-88-74(109)67(102)82(61(116-88)47-96-40-54-30-16-5-17-31-54)124-90-76(111)69(104)84(63(118-90)49-98-42-56-34-20-7-21-35-56)126-91-77(112)70(105)83(62(119-91)48-97-41-55-32-18-6-19-33-55)125-89-75(110)68(103)81(60(117-89)46-95-39-53-28-14-4-15-29-53)123-87-73(108)66(101)79(121-85)58(115-87)44-93-37-51-24-10-2-11-25-51/h1-35,57-112H,36-49H2/t57-,58-,59-,60-,61-,62-,63-,64-,65-,66-,67-,68-,69+,70+,71-,72-,73-,74-,75-,76-,77-,78-,79-,80-,81-,82-,83-,84-,85-,86-,87-,88-,89-,90-,91-/m1/s1. The van der Waals surface area contributed by atoms with E-state index in [4.69, 9.17) is 66.3 Å². The lowest BCUT2D eigenvalue weighted by molar-refractivity contribution is -0.392. The zero-order valence-electron chi connectivity index (χ0n) is 69.3. The quantitative estimate of drug-likeness (QED) is 0.0238. The molecular formula is C91H119N7O28. The molecule has 0 amide bonds. The van der Waals surface area contributed by atoms with Gasteiger partial charge >= 0.3 is 0 Å². The van der Waals surface area contributed by atoms with Crippen LogP contribution in [0, 0.1) is 0 Å². The molecule has 35 atom stereocenters. The number of benzene rings is 7. The Balaban J connectivity index is 0.789. The fourth-order valence-corrected chi connectivity index (χ4v) is 17.2. The largest absolute Gasteiger partial charge is 0.387 e. The molecule has 14 bridgehead atoms. The lowest BCUT2D eigenvalue weighted by Gasteiger charge is -2.50. The summed E-state index contributed by atoms with van der Waals surface area (Å²) in [5.41, 5.74) is 5.82. The van der Waals surface area contributed by atoms with Gasteiger partial charge in [-0.15, -0.1) is 0 Å². The Kier molecular flexibility index (Phi) is 33.7. The second-order valence-corrected chi connectivity index (χ2v) is 33.2. The summed E-state index contributed by atoms with van der Waals surface area (Å²) in [6.45, 7) is 0.303. The van der Waals surface area contributed by atoms with Crippen LogP contribution in [0.4, 0.5) is 0 Å². The molecule has 7 aromatic rings. The maximum Gasteiger partial charge on any atom is 0.187 e. The van der Waals surface area contributed by atoms with Crippen molar-refractivity contribution >= 4 is 0 Å². The molecule has 7 aromatic carbocycles. The van der Waals surface area contributed by atoms with Gasteiger partial charge in [-0.05, 0) is 38.9 Å². The van der Waals surface area contributed by atoms with E-state index in [0.29, 0.717) is 0 Å². The van der Waals surface area contributed by atoms with Crippen LogP contribution in [-0.4, -0.2) is 332 Å². The van der Waals surface area contributed by atoms with Crippen LogP contribution in [0.5, 0.6) is 0 Å². The van der Waals surface area contributed by atoms with Crippen LogP contribution in [0.3, 0.4) is 0 Å². The van der Waals surface area contributed by atoms with Crippen molar-refractivity contribution in [3.63, 3.8) is 0 Å². The molecule has 0 radical (unpaired) electrons. The van der Waals surface area contributed by atoms with E-state index < -0.39 is 215 Å². The highest BCUT2D eigenvalue weighted by molar-refractivity contribution is 5.21. The third-order valence-corrected chi connectivity index (χ3v) is 24.1. The van der Waals surface area contributed by atoms with Crippen molar-refractivity contribution in [1.82, 2.24) is 37.2 Å². The molecular weight excluding hydrogens is 1640 g/mol. The van der Waals surface area contributed by atoms with Gasteiger partial charge < -0.3 is 175 Å². The Morgan fingerprint density at radius 2 is 0.262 bits per heavy atom. The molecule has 35 nitrogen and oxygen atoms in total. The summed E-state index contributed by atoms with van der Waals surface area (Å²) >= 11 is 0. The van der Waals surface area contributed by atoms with Crippen molar-refractivity contribution in [3.05, 3.63) is 251 Å². The average Bonchev–Trinajstić information content (AvgIpc) is 0.780. The highest BCUT2D eigenvalue weighted by Crippen LogP contribution is 2.40. The minimum atomic E-state index is -2.08. The van der Waals surface area contributed by atoms with Crippen molar-refractivity contribution in [3.8, 4) is 0 Å². The fraction of sp³-hybridized carbons (Fsp3) is 0.538. The van der Waals surface area contributed by atoms with E-state index >= 15 is 0 Å². The molecule has 0 aromatic heterocycles. The minimum Gasteiger partial charge on any atom is -0.387 e. The summed E-state index contributed by atoms with van der Waals surface area (Å²) in [6, 6.07) is 64.8. The molecule has 686 valence electrons. The molecule has 21 heterocycles. The van der Waals surface area contributed by atoms with Gasteiger partial charge in [-0.2, -0.15) is 0 Å². The van der Waals surface area contributed by atoms with Crippen LogP contribution in [0.2, 0.25) is 0 Å². The van der Waals surface area contributed by atoms with Crippen LogP contribution < -0.4 is 37.2 Å². The molecule has 0 saturated carbocycles. The highest BCUT2D eigenvalue weighted by atomic mass is 16.8. The zero-order valence-corrected chi connectivity index (χ0v) is 69.3. The van der Waals surface area contributed by atoms with E-state index in [1.165, 1.54) is 0 Å². The van der Waals surface area contributed by atoms with Gasteiger partial charge in [-0.1, -0.05) is 212 Å². The molecule has 126 heavy (non-hydrogen) atoms. The molecule has 21 N–H and O–H groups in total. The maximum absolute atomic E-state index is 12.7. The van der Waals surface area contributed by atoms with Gasteiger partial charge in [0.2, 0.25) is 0 Å². The summed E-state index contributed by atoms with van der Waals surface area (Å²) in [5, 5.41) is 199.